The molecule has 0 fully saturated rings. The van der Waals surface area contributed by atoms with E-state index < -0.39 is 6.10 Å². The number of amides is 1. The molecule has 0 heterocycles. The fraction of sp³-hybridized carbons (Fsp3) is 0.350. The summed E-state index contributed by atoms with van der Waals surface area (Å²) in [5.41, 5.74) is 5.30. The van der Waals surface area contributed by atoms with Crippen LogP contribution in [0.2, 0.25) is 0 Å². The van der Waals surface area contributed by atoms with Crippen molar-refractivity contribution in [1.29, 1.82) is 0 Å². The molecular weight excluding hydrogens is 286 g/mol. The Balaban J connectivity index is 2.12. The Kier molecular flexibility index (Phi) is 5.43. The number of carbonyl (C=O) groups is 1. The van der Waals surface area contributed by atoms with Crippen LogP contribution in [0, 0.1) is 27.7 Å². The summed E-state index contributed by atoms with van der Waals surface area (Å²) < 4.78 is 5.93. The first kappa shape index (κ1) is 17.1. The van der Waals surface area contributed by atoms with Crippen molar-refractivity contribution in [2.75, 3.05) is 5.32 Å². The lowest BCUT2D eigenvalue weighted by molar-refractivity contribution is -0.122. The number of ether oxygens (including phenoxy) is 1. The van der Waals surface area contributed by atoms with Crippen molar-refractivity contribution in [2.24, 2.45) is 0 Å². The Morgan fingerprint density at radius 3 is 2.17 bits per heavy atom. The molecule has 23 heavy (non-hydrogen) atoms. The van der Waals surface area contributed by atoms with E-state index in [2.05, 4.69) is 17.4 Å². The highest BCUT2D eigenvalue weighted by Crippen LogP contribution is 2.22. The van der Waals surface area contributed by atoms with Gasteiger partial charge in [0.2, 0.25) is 0 Å². The van der Waals surface area contributed by atoms with E-state index in [0.717, 1.165) is 22.6 Å². The van der Waals surface area contributed by atoms with E-state index in [9.17, 15) is 4.79 Å². The number of hydrogen-bond donors (Lipinski definition) is 1. The molecule has 0 radical (unpaired) electrons. The van der Waals surface area contributed by atoms with Crippen LogP contribution in [0.5, 0.6) is 5.75 Å². The van der Waals surface area contributed by atoms with E-state index in [1.54, 1.807) is 0 Å². The quantitative estimate of drug-likeness (QED) is 0.868. The van der Waals surface area contributed by atoms with Crippen LogP contribution in [0.15, 0.2) is 36.4 Å². The van der Waals surface area contributed by atoms with Gasteiger partial charge in [0.15, 0.2) is 6.10 Å². The first-order valence-corrected chi connectivity index (χ1v) is 8.02. The molecular formula is C20H25NO2. The topological polar surface area (TPSA) is 38.3 Å². The van der Waals surface area contributed by atoms with Gasteiger partial charge in [-0.2, -0.15) is 0 Å². The first-order valence-electron chi connectivity index (χ1n) is 8.02. The van der Waals surface area contributed by atoms with Gasteiger partial charge in [-0.05, 0) is 57.4 Å². The maximum absolute atomic E-state index is 12.5. The monoisotopic (exact) mass is 311 g/mol. The molecule has 1 amide bonds. The summed E-state index contributed by atoms with van der Waals surface area (Å²) >= 11 is 0. The normalized spacial score (nSPS) is 11.9. The number of hydrogen-bond acceptors (Lipinski definition) is 2. The van der Waals surface area contributed by atoms with Crippen LogP contribution in [0.1, 0.15) is 35.6 Å². The van der Waals surface area contributed by atoms with Crippen molar-refractivity contribution in [3.8, 4) is 5.75 Å². The minimum atomic E-state index is -0.503. The fourth-order valence-corrected chi connectivity index (χ4v) is 2.57. The van der Waals surface area contributed by atoms with Gasteiger partial charge in [-0.3, -0.25) is 4.79 Å². The van der Waals surface area contributed by atoms with E-state index in [0.29, 0.717) is 6.42 Å². The van der Waals surface area contributed by atoms with Crippen molar-refractivity contribution in [3.05, 3.63) is 58.7 Å². The molecule has 1 N–H and O–H groups in total. The average Bonchev–Trinajstić information content (AvgIpc) is 2.49. The van der Waals surface area contributed by atoms with Crippen molar-refractivity contribution < 1.29 is 9.53 Å². The predicted molar refractivity (Wildman–Crippen MR) is 95.2 cm³/mol. The molecule has 0 saturated carbocycles. The van der Waals surface area contributed by atoms with Crippen LogP contribution in [-0.4, -0.2) is 12.0 Å². The van der Waals surface area contributed by atoms with Gasteiger partial charge in [-0.1, -0.05) is 42.3 Å². The van der Waals surface area contributed by atoms with Crippen molar-refractivity contribution in [3.63, 3.8) is 0 Å². The van der Waals surface area contributed by atoms with Crippen LogP contribution in [0.3, 0.4) is 0 Å². The van der Waals surface area contributed by atoms with E-state index in [-0.39, 0.29) is 5.91 Å². The number of aryl methyl sites for hydroxylation is 4. The summed E-state index contributed by atoms with van der Waals surface area (Å²) in [5.74, 6) is 0.651. The largest absolute Gasteiger partial charge is 0.480 e. The second kappa shape index (κ2) is 7.32. The highest BCUT2D eigenvalue weighted by atomic mass is 16.5. The highest BCUT2D eigenvalue weighted by Gasteiger charge is 2.20. The molecule has 3 nitrogen and oxygen atoms in total. The van der Waals surface area contributed by atoms with Crippen molar-refractivity contribution in [2.45, 2.75) is 47.1 Å². The molecule has 0 saturated heterocycles. The van der Waals surface area contributed by atoms with E-state index in [4.69, 9.17) is 4.74 Å². The summed E-state index contributed by atoms with van der Waals surface area (Å²) in [6, 6.07) is 12.0. The van der Waals surface area contributed by atoms with Gasteiger partial charge in [0.05, 0.1) is 0 Å². The predicted octanol–water partition coefficient (Wildman–Crippen LogP) is 4.72. The SMILES string of the molecule is CC[C@@H](Oc1ccc(C)cc1C)C(=O)Nc1ccc(C)cc1C. The number of nitrogens with one attached hydrogen (secondary N) is 1. The van der Waals surface area contributed by atoms with Gasteiger partial charge in [0.25, 0.3) is 5.91 Å². The van der Waals surface area contributed by atoms with Crippen LogP contribution >= 0.6 is 0 Å². The van der Waals surface area contributed by atoms with E-state index in [1.807, 2.05) is 58.9 Å². The summed E-state index contributed by atoms with van der Waals surface area (Å²) in [4.78, 5) is 12.5. The molecule has 2 rings (SSSR count). The Hall–Kier alpha value is -2.29. The van der Waals surface area contributed by atoms with Gasteiger partial charge in [-0.25, -0.2) is 0 Å². The third-order valence-electron chi connectivity index (χ3n) is 3.90. The zero-order valence-electron chi connectivity index (χ0n) is 14.6. The molecule has 0 bridgehead atoms. The van der Waals surface area contributed by atoms with E-state index in [1.165, 1.54) is 11.1 Å². The second-order valence-corrected chi connectivity index (χ2v) is 6.09. The van der Waals surface area contributed by atoms with Crippen LogP contribution in [0.4, 0.5) is 5.69 Å². The summed E-state index contributed by atoms with van der Waals surface area (Å²) in [6.45, 7) is 10.0. The lowest BCUT2D eigenvalue weighted by Gasteiger charge is -2.19. The lowest BCUT2D eigenvalue weighted by Crippen LogP contribution is -2.32. The standard InChI is InChI=1S/C20H25NO2/c1-6-18(23-19-10-8-14(3)12-16(19)5)20(22)21-17-9-7-13(2)11-15(17)4/h7-12,18H,6H2,1-5H3,(H,21,22)/t18-/m1/s1. The average molecular weight is 311 g/mol. The van der Waals surface area contributed by atoms with Crippen molar-refractivity contribution in [1.82, 2.24) is 0 Å². The summed E-state index contributed by atoms with van der Waals surface area (Å²) in [7, 11) is 0. The molecule has 0 unspecified atom stereocenters. The summed E-state index contributed by atoms with van der Waals surface area (Å²) in [6.07, 6.45) is 0.112. The Morgan fingerprint density at radius 2 is 1.61 bits per heavy atom. The molecule has 2 aromatic carbocycles. The van der Waals surface area contributed by atoms with Crippen LogP contribution < -0.4 is 10.1 Å². The zero-order valence-corrected chi connectivity index (χ0v) is 14.6. The molecule has 0 aliphatic heterocycles. The van der Waals surface area contributed by atoms with Crippen molar-refractivity contribution >= 4 is 11.6 Å². The summed E-state index contributed by atoms with van der Waals surface area (Å²) in [5, 5.41) is 2.98. The number of carbonyl (C=O) groups excluding carboxylic acids is 1. The molecule has 3 heteroatoms. The van der Waals surface area contributed by atoms with Crippen LogP contribution in [0.25, 0.3) is 0 Å². The van der Waals surface area contributed by atoms with E-state index >= 15 is 0 Å². The Bertz CT molecular complexity index is 707. The zero-order chi connectivity index (χ0) is 17.0. The van der Waals surface area contributed by atoms with Gasteiger partial charge in [0.1, 0.15) is 5.75 Å². The first-order chi connectivity index (χ1) is 10.9. The minimum Gasteiger partial charge on any atom is -0.480 e. The third-order valence-corrected chi connectivity index (χ3v) is 3.90. The minimum absolute atomic E-state index is 0.112. The fourth-order valence-electron chi connectivity index (χ4n) is 2.57. The highest BCUT2D eigenvalue weighted by molar-refractivity contribution is 5.95. The molecule has 2 aromatic rings. The van der Waals surface area contributed by atoms with Gasteiger partial charge in [0, 0.05) is 5.69 Å². The smallest absolute Gasteiger partial charge is 0.265 e. The molecule has 0 spiro atoms. The molecule has 1 atom stereocenters. The Morgan fingerprint density at radius 1 is 1.00 bits per heavy atom. The second-order valence-electron chi connectivity index (χ2n) is 6.09. The van der Waals surface area contributed by atoms with Gasteiger partial charge >= 0.3 is 0 Å². The van der Waals surface area contributed by atoms with Crippen LogP contribution in [-0.2, 0) is 4.79 Å². The number of rotatable bonds is 5. The molecule has 0 aromatic heterocycles. The van der Waals surface area contributed by atoms with Gasteiger partial charge in [-0.15, -0.1) is 0 Å². The van der Waals surface area contributed by atoms with Gasteiger partial charge < -0.3 is 10.1 Å². The lowest BCUT2D eigenvalue weighted by atomic mass is 10.1. The molecule has 0 aliphatic rings. The maximum atomic E-state index is 12.5. The Labute approximate surface area is 138 Å². The maximum Gasteiger partial charge on any atom is 0.265 e. The number of anilines is 1. The molecule has 122 valence electrons. The molecule has 0 aliphatic carbocycles. The third kappa shape index (κ3) is 4.35. The number of benzene rings is 2.